The van der Waals surface area contributed by atoms with Gasteiger partial charge in [0.05, 0.1) is 6.54 Å². The van der Waals surface area contributed by atoms with E-state index in [1.807, 2.05) is 0 Å². The van der Waals surface area contributed by atoms with Crippen molar-refractivity contribution in [3.63, 3.8) is 0 Å². The summed E-state index contributed by atoms with van der Waals surface area (Å²) in [5, 5.41) is 0. The number of likely N-dealkylation sites (tertiary alicyclic amines) is 1. The van der Waals surface area contributed by atoms with E-state index < -0.39 is 0 Å². The smallest absolute Gasteiger partial charge is 0.143 e. The predicted molar refractivity (Wildman–Crippen MR) is 59.8 cm³/mol. The van der Waals surface area contributed by atoms with Crippen molar-refractivity contribution in [3.05, 3.63) is 24.5 Å². The summed E-state index contributed by atoms with van der Waals surface area (Å²) < 4.78 is 2.28. The van der Waals surface area contributed by atoms with Crippen molar-refractivity contribution in [2.24, 2.45) is 0 Å². The van der Waals surface area contributed by atoms with Crippen LogP contribution in [0.1, 0.15) is 25.8 Å². The normalized spacial score (nSPS) is 19.3. The third-order valence-corrected chi connectivity index (χ3v) is 3.05. The SMILES string of the molecule is CC(=O)CN1CCC(n2cccc2)CC1. The number of piperidine rings is 1. The summed E-state index contributed by atoms with van der Waals surface area (Å²) in [5.74, 6) is 0.273. The number of carbonyl (C=O) groups is 1. The van der Waals surface area contributed by atoms with E-state index in [0.29, 0.717) is 12.6 Å². The number of carbonyl (C=O) groups excluding carboxylic acids is 1. The van der Waals surface area contributed by atoms with Crippen LogP contribution in [0.25, 0.3) is 0 Å². The van der Waals surface area contributed by atoms with Gasteiger partial charge in [0.2, 0.25) is 0 Å². The molecule has 3 nitrogen and oxygen atoms in total. The van der Waals surface area contributed by atoms with Gasteiger partial charge < -0.3 is 4.57 Å². The van der Waals surface area contributed by atoms with E-state index in [-0.39, 0.29) is 5.78 Å². The maximum absolute atomic E-state index is 11.0. The van der Waals surface area contributed by atoms with Gasteiger partial charge in [-0.05, 0) is 31.9 Å². The molecule has 82 valence electrons. The number of ketones is 1. The topological polar surface area (TPSA) is 25.2 Å². The van der Waals surface area contributed by atoms with Gasteiger partial charge in [0, 0.05) is 31.5 Å². The minimum atomic E-state index is 0.273. The number of Topliss-reactive ketones (excluding diaryl/α,β-unsaturated/α-hetero) is 1. The first-order valence-electron chi connectivity index (χ1n) is 5.60. The van der Waals surface area contributed by atoms with Crippen molar-refractivity contribution in [1.82, 2.24) is 9.47 Å². The fourth-order valence-corrected chi connectivity index (χ4v) is 2.28. The van der Waals surface area contributed by atoms with Crippen LogP contribution in [0.4, 0.5) is 0 Å². The van der Waals surface area contributed by atoms with E-state index in [9.17, 15) is 4.79 Å². The summed E-state index contributed by atoms with van der Waals surface area (Å²) >= 11 is 0. The van der Waals surface area contributed by atoms with Crippen LogP contribution in [0, 0.1) is 0 Å². The maximum Gasteiger partial charge on any atom is 0.143 e. The first-order valence-corrected chi connectivity index (χ1v) is 5.60. The lowest BCUT2D eigenvalue weighted by Gasteiger charge is -2.32. The summed E-state index contributed by atoms with van der Waals surface area (Å²) in [7, 11) is 0. The molecule has 0 unspecified atom stereocenters. The van der Waals surface area contributed by atoms with Gasteiger partial charge in [-0.3, -0.25) is 9.69 Å². The molecule has 0 aromatic carbocycles. The van der Waals surface area contributed by atoms with E-state index in [2.05, 4.69) is 34.0 Å². The summed E-state index contributed by atoms with van der Waals surface area (Å²) in [6.07, 6.45) is 6.57. The largest absolute Gasteiger partial charge is 0.351 e. The number of hydrogen-bond acceptors (Lipinski definition) is 2. The zero-order valence-corrected chi connectivity index (χ0v) is 9.22. The molecule has 0 amide bonds. The van der Waals surface area contributed by atoms with Gasteiger partial charge in [0.25, 0.3) is 0 Å². The predicted octanol–water partition coefficient (Wildman–Crippen LogP) is 1.71. The Labute approximate surface area is 90.7 Å². The van der Waals surface area contributed by atoms with Gasteiger partial charge in [0.15, 0.2) is 0 Å². The fraction of sp³-hybridized carbons (Fsp3) is 0.583. The van der Waals surface area contributed by atoms with Crippen LogP contribution in [0.5, 0.6) is 0 Å². The third-order valence-electron chi connectivity index (χ3n) is 3.05. The van der Waals surface area contributed by atoms with Gasteiger partial charge in [-0.1, -0.05) is 0 Å². The van der Waals surface area contributed by atoms with Gasteiger partial charge >= 0.3 is 0 Å². The Hall–Kier alpha value is -1.09. The van der Waals surface area contributed by atoms with Crippen LogP contribution >= 0.6 is 0 Å². The molecule has 0 aliphatic carbocycles. The summed E-state index contributed by atoms with van der Waals surface area (Å²) in [4.78, 5) is 13.2. The Morgan fingerprint density at radius 3 is 2.40 bits per heavy atom. The number of hydrogen-bond donors (Lipinski definition) is 0. The molecule has 2 heterocycles. The zero-order valence-electron chi connectivity index (χ0n) is 9.22. The van der Waals surface area contributed by atoms with E-state index in [1.54, 1.807) is 6.92 Å². The average molecular weight is 206 g/mol. The average Bonchev–Trinajstić information content (AvgIpc) is 2.71. The molecule has 1 aliphatic rings. The highest BCUT2D eigenvalue weighted by molar-refractivity contribution is 5.77. The lowest BCUT2D eigenvalue weighted by atomic mass is 10.0. The molecule has 0 saturated carbocycles. The van der Waals surface area contributed by atoms with Crippen molar-refractivity contribution < 1.29 is 4.79 Å². The van der Waals surface area contributed by atoms with Crippen LogP contribution in [-0.2, 0) is 4.79 Å². The summed E-state index contributed by atoms with van der Waals surface area (Å²) in [6, 6.07) is 4.77. The lowest BCUT2D eigenvalue weighted by Crippen LogP contribution is -2.37. The molecule has 15 heavy (non-hydrogen) atoms. The highest BCUT2D eigenvalue weighted by atomic mass is 16.1. The molecule has 2 rings (SSSR count). The third kappa shape index (κ3) is 2.69. The molecule has 0 bridgehead atoms. The molecule has 0 N–H and O–H groups in total. The second-order valence-electron chi connectivity index (χ2n) is 4.34. The summed E-state index contributed by atoms with van der Waals surface area (Å²) in [5.41, 5.74) is 0. The molecule has 0 radical (unpaired) electrons. The van der Waals surface area contributed by atoms with Crippen molar-refractivity contribution in [2.45, 2.75) is 25.8 Å². The monoisotopic (exact) mass is 206 g/mol. The summed E-state index contributed by atoms with van der Waals surface area (Å²) in [6.45, 7) is 4.38. The van der Waals surface area contributed by atoms with Crippen LogP contribution in [-0.4, -0.2) is 34.9 Å². The Morgan fingerprint density at radius 2 is 1.87 bits per heavy atom. The molecule has 0 atom stereocenters. The first-order chi connectivity index (χ1) is 7.25. The molecule has 3 heteroatoms. The van der Waals surface area contributed by atoms with Crippen molar-refractivity contribution >= 4 is 5.78 Å². The molecule has 1 aliphatic heterocycles. The Kier molecular flexibility index (Phi) is 3.21. The van der Waals surface area contributed by atoms with Gasteiger partial charge in [-0.2, -0.15) is 0 Å². The molecule has 0 spiro atoms. The first kappa shape index (κ1) is 10.4. The second kappa shape index (κ2) is 4.62. The van der Waals surface area contributed by atoms with Crippen LogP contribution in [0.3, 0.4) is 0 Å². The second-order valence-corrected chi connectivity index (χ2v) is 4.34. The number of rotatable bonds is 3. The van der Waals surface area contributed by atoms with E-state index in [1.165, 1.54) is 0 Å². The molecule has 1 fully saturated rings. The van der Waals surface area contributed by atoms with E-state index in [0.717, 1.165) is 25.9 Å². The fourth-order valence-electron chi connectivity index (χ4n) is 2.28. The maximum atomic E-state index is 11.0. The van der Waals surface area contributed by atoms with Crippen LogP contribution in [0.15, 0.2) is 24.5 Å². The molecule has 1 aromatic heterocycles. The Morgan fingerprint density at radius 1 is 1.27 bits per heavy atom. The number of aromatic nitrogens is 1. The van der Waals surface area contributed by atoms with Crippen LogP contribution < -0.4 is 0 Å². The van der Waals surface area contributed by atoms with Crippen molar-refractivity contribution in [1.29, 1.82) is 0 Å². The Balaban J connectivity index is 1.84. The Bertz CT molecular complexity index is 310. The van der Waals surface area contributed by atoms with E-state index >= 15 is 0 Å². The highest BCUT2D eigenvalue weighted by Crippen LogP contribution is 2.21. The minimum Gasteiger partial charge on any atom is -0.351 e. The lowest BCUT2D eigenvalue weighted by molar-refractivity contribution is -0.118. The highest BCUT2D eigenvalue weighted by Gasteiger charge is 2.20. The van der Waals surface area contributed by atoms with Crippen LogP contribution in [0.2, 0.25) is 0 Å². The van der Waals surface area contributed by atoms with Gasteiger partial charge in [0.1, 0.15) is 5.78 Å². The molecule has 1 aromatic rings. The molecular weight excluding hydrogens is 188 g/mol. The van der Waals surface area contributed by atoms with Crippen molar-refractivity contribution in [3.8, 4) is 0 Å². The standard InChI is InChI=1S/C12H18N2O/c1-11(15)10-13-8-4-12(5-9-13)14-6-2-3-7-14/h2-3,6-7,12H,4-5,8-10H2,1H3. The zero-order chi connectivity index (χ0) is 10.7. The van der Waals surface area contributed by atoms with Gasteiger partial charge in [-0.15, -0.1) is 0 Å². The van der Waals surface area contributed by atoms with Crippen molar-refractivity contribution in [2.75, 3.05) is 19.6 Å². The number of nitrogens with zero attached hydrogens (tertiary/aromatic N) is 2. The van der Waals surface area contributed by atoms with Gasteiger partial charge in [-0.25, -0.2) is 0 Å². The van der Waals surface area contributed by atoms with E-state index in [4.69, 9.17) is 0 Å². The minimum absolute atomic E-state index is 0.273. The molecular formula is C12H18N2O. The molecule has 1 saturated heterocycles. The quantitative estimate of drug-likeness (QED) is 0.752.